The minimum Gasteiger partial charge on any atom is -0.481 e. The number of rotatable bonds is 9. The van der Waals surface area contributed by atoms with E-state index < -0.39 is 5.97 Å². The molecule has 120 valence electrons. The van der Waals surface area contributed by atoms with E-state index in [0.29, 0.717) is 18.9 Å². The second kappa shape index (κ2) is 14.4. The summed E-state index contributed by atoms with van der Waals surface area (Å²) in [5.74, 6) is -0.382. The molecule has 0 saturated carbocycles. The Morgan fingerprint density at radius 3 is 2.05 bits per heavy atom. The summed E-state index contributed by atoms with van der Waals surface area (Å²) in [6.45, 7) is 10.6. The zero-order chi connectivity index (χ0) is 16.0. The van der Waals surface area contributed by atoms with Crippen LogP contribution in [0.15, 0.2) is 0 Å². The molecule has 0 aliphatic rings. The monoisotopic (exact) mass is 288 g/mol. The Labute approximate surface area is 123 Å². The molecule has 0 aromatic heterocycles. The van der Waals surface area contributed by atoms with Gasteiger partial charge in [0.05, 0.1) is 12.5 Å². The predicted octanol–water partition coefficient (Wildman–Crippen LogP) is 4.27. The summed E-state index contributed by atoms with van der Waals surface area (Å²) in [4.78, 5) is 21.2. The summed E-state index contributed by atoms with van der Waals surface area (Å²) < 4.78 is 4.90. The topological polar surface area (TPSA) is 63.6 Å². The summed E-state index contributed by atoms with van der Waals surface area (Å²) >= 11 is 0. The van der Waals surface area contributed by atoms with Crippen LogP contribution in [0.2, 0.25) is 0 Å². The summed E-state index contributed by atoms with van der Waals surface area (Å²) in [6, 6.07) is 0. The van der Waals surface area contributed by atoms with Gasteiger partial charge in [0.25, 0.3) is 0 Å². The Morgan fingerprint density at radius 2 is 1.70 bits per heavy atom. The first-order valence-electron chi connectivity index (χ1n) is 7.77. The van der Waals surface area contributed by atoms with Crippen LogP contribution in [0.1, 0.15) is 73.1 Å². The first kappa shape index (κ1) is 21.2. The zero-order valence-electron chi connectivity index (χ0n) is 13.8. The second-order valence-corrected chi connectivity index (χ2v) is 5.41. The Hall–Kier alpha value is -1.06. The van der Waals surface area contributed by atoms with E-state index >= 15 is 0 Å². The van der Waals surface area contributed by atoms with Gasteiger partial charge in [0, 0.05) is 6.42 Å². The van der Waals surface area contributed by atoms with Crippen molar-refractivity contribution in [1.82, 2.24) is 0 Å². The van der Waals surface area contributed by atoms with Gasteiger partial charge in [0.1, 0.15) is 0 Å². The van der Waals surface area contributed by atoms with Crippen molar-refractivity contribution in [1.29, 1.82) is 0 Å². The lowest BCUT2D eigenvalue weighted by atomic mass is 10.00. The molecule has 0 radical (unpaired) electrons. The van der Waals surface area contributed by atoms with Gasteiger partial charge in [-0.3, -0.25) is 9.59 Å². The number of carboxylic acid groups (broad SMARTS) is 1. The molecule has 0 fully saturated rings. The molecule has 0 aromatic rings. The molecule has 1 unspecified atom stereocenters. The first-order chi connectivity index (χ1) is 9.38. The van der Waals surface area contributed by atoms with Crippen LogP contribution in [-0.4, -0.2) is 23.7 Å². The number of carbonyl (C=O) groups is 2. The minimum absolute atomic E-state index is 0.0730. The van der Waals surface area contributed by atoms with E-state index in [1.54, 1.807) is 0 Å². The van der Waals surface area contributed by atoms with Gasteiger partial charge >= 0.3 is 11.9 Å². The fourth-order valence-electron chi connectivity index (χ4n) is 1.49. The normalized spacial score (nSPS) is 11.5. The van der Waals surface area contributed by atoms with E-state index in [2.05, 4.69) is 6.92 Å². The van der Waals surface area contributed by atoms with Crippen LogP contribution in [0.5, 0.6) is 0 Å². The number of carboxylic acids is 1. The van der Waals surface area contributed by atoms with Crippen LogP contribution in [0, 0.1) is 11.8 Å². The summed E-state index contributed by atoms with van der Waals surface area (Å²) in [6.07, 6.45) is 5.13. The molecule has 0 aromatic carbocycles. The minimum atomic E-state index is -0.643. The molecule has 20 heavy (non-hydrogen) atoms. The lowest BCUT2D eigenvalue weighted by Crippen LogP contribution is -2.11. The first-order valence-corrected chi connectivity index (χ1v) is 7.77. The van der Waals surface area contributed by atoms with Crippen molar-refractivity contribution in [3.05, 3.63) is 0 Å². The summed E-state index contributed by atoms with van der Waals surface area (Å²) in [5, 5.41) is 8.60. The van der Waals surface area contributed by atoms with Gasteiger partial charge in [0.2, 0.25) is 0 Å². The van der Waals surface area contributed by atoms with Gasteiger partial charge in [-0.15, -0.1) is 0 Å². The fraction of sp³-hybridized carbons (Fsp3) is 0.875. The van der Waals surface area contributed by atoms with E-state index in [1.807, 2.05) is 27.7 Å². The van der Waals surface area contributed by atoms with Crippen molar-refractivity contribution in [3.63, 3.8) is 0 Å². The standard InChI is InChI=1S/2C8H16O2/c1-4-5-8(9)10-6-7(2)3;1-3-5-6-7(4-2)8(9)10/h7H,4-6H2,1-3H3;7H,3-6H2,1-2H3,(H,9,10). The predicted molar refractivity (Wildman–Crippen MR) is 81.6 cm³/mol. The molecule has 0 amide bonds. The van der Waals surface area contributed by atoms with Crippen molar-refractivity contribution in [3.8, 4) is 0 Å². The molecule has 1 atom stereocenters. The maximum Gasteiger partial charge on any atom is 0.306 e. The molecule has 4 nitrogen and oxygen atoms in total. The SMILES string of the molecule is CCCC(=O)OCC(C)C.CCCCC(CC)C(=O)O. The maximum absolute atomic E-state index is 10.7. The molecular formula is C16H32O4. The van der Waals surface area contributed by atoms with Crippen molar-refractivity contribution >= 4 is 11.9 Å². The lowest BCUT2D eigenvalue weighted by Gasteiger charge is -2.06. The Balaban J connectivity index is 0. The third-order valence-corrected chi connectivity index (χ3v) is 2.78. The molecule has 1 N–H and O–H groups in total. The van der Waals surface area contributed by atoms with Gasteiger partial charge in [-0.25, -0.2) is 0 Å². The Morgan fingerprint density at radius 1 is 1.10 bits per heavy atom. The highest BCUT2D eigenvalue weighted by Gasteiger charge is 2.12. The second-order valence-electron chi connectivity index (χ2n) is 5.41. The van der Waals surface area contributed by atoms with E-state index in [0.717, 1.165) is 32.1 Å². The van der Waals surface area contributed by atoms with Crippen molar-refractivity contribution in [2.24, 2.45) is 11.8 Å². The summed E-state index contributed by atoms with van der Waals surface area (Å²) in [7, 11) is 0. The van der Waals surface area contributed by atoms with Gasteiger partial charge in [-0.05, 0) is 25.2 Å². The molecule has 0 rings (SSSR count). The molecule has 0 spiro atoms. The number of hydrogen-bond acceptors (Lipinski definition) is 3. The number of hydrogen-bond donors (Lipinski definition) is 1. The number of unbranched alkanes of at least 4 members (excludes halogenated alkanes) is 1. The average Bonchev–Trinajstić information content (AvgIpc) is 2.38. The van der Waals surface area contributed by atoms with Crippen molar-refractivity contribution < 1.29 is 19.4 Å². The van der Waals surface area contributed by atoms with E-state index in [4.69, 9.17) is 9.84 Å². The highest BCUT2D eigenvalue weighted by atomic mass is 16.5. The molecule has 0 bridgehead atoms. The number of carbonyl (C=O) groups excluding carboxylic acids is 1. The number of aliphatic carboxylic acids is 1. The van der Waals surface area contributed by atoms with Crippen molar-refractivity contribution in [2.75, 3.05) is 6.61 Å². The van der Waals surface area contributed by atoms with Crippen LogP contribution >= 0.6 is 0 Å². The molecule has 4 heteroatoms. The van der Waals surface area contributed by atoms with Crippen LogP contribution in [-0.2, 0) is 14.3 Å². The van der Waals surface area contributed by atoms with Crippen LogP contribution in [0.3, 0.4) is 0 Å². The smallest absolute Gasteiger partial charge is 0.306 e. The Bertz CT molecular complexity index is 249. The van der Waals surface area contributed by atoms with Crippen LogP contribution in [0.4, 0.5) is 0 Å². The van der Waals surface area contributed by atoms with E-state index in [9.17, 15) is 9.59 Å². The quantitative estimate of drug-likeness (QED) is 0.643. The van der Waals surface area contributed by atoms with Gasteiger partial charge in [-0.1, -0.05) is 47.5 Å². The summed E-state index contributed by atoms with van der Waals surface area (Å²) in [5.41, 5.74) is 0. The third-order valence-electron chi connectivity index (χ3n) is 2.78. The average molecular weight is 288 g/mol. The zero-order valence-corrected chi connectivity index (χ0v) is 13.8. The van der Waals surface area contributed by atoms with Crippen molar-refractivity contribution in [2.45, 2.75) is 73.1 Å². The lowest BCUT2D eigenvalue weighted by molar-refractivity contribution is -0.145. The largest absolute Gasteiger partial charge is 0.481 e. The molecule has 0 saturated heterocycles. The maximum atomic E-state index is 10.7. The molecular weight excluding hydrogens is 256 g/mol. The van der Waals surface area contributed by atoms with Gasteiger partial charge in [0.15, 0.2) is 0 Å². The van der Waals surface area contributed by atoms with Gasteiger partial charge in [-0.2, -0.15) is 0 Å². The molecule has 0 aliphatic heterocycles. The van der Waals surface area contributed by atoms with Crippen LogP contribution in [0.25, 0.3) is 0 Å². The highest BCUT2D eigenvalue weighted by molar-refractivity contribution is 5.69. The van der Waals surface area contributed by atoms with E-state index in [-0.39, 0.29) is 11.9 Å². The number of esters is 1. The van der Waals surface area contributed by atoms with Gasteiger partial charge < -0.3 is 9.84 Å². The van der Waals surface area contributed by atoms with Crippen LogP contribution < -0.4 is 0 Å². The third kappa shape index (κ3) is 15.0. The Kier molecular flexibility index (Phi) is 15.2. The fourth-order valence-corrected chi connectivity index (χ4v) is 1.49. The molecule has 0 aliphatic carbocycles. The van der Waals surface area contributed by atoms with E-state index in [1.165, 1.54) is 0 Å². The number of ether oxygens (including phenoxy) is 1. The highest BCUT2D eigenvalue weighted by Crippen LogP contribution is 2.11. The molecule has 0 heterocycles.